The summed E-state index contributed by atoms with van der Waals surface area (Å²) in [6.07, 6.45) is 0. The third kappa shape index (κ3) is 3.07. The van der Waals surface area contributed by atoms with E-state index in [9.17, 15) is 4.39 Å². The van der Waals surface area contributed by atoms with Crippen LogP contribution in [0.1, 0.15) is 5.56 Å². The molecule has 3 rings (SSSR count). The molecule has 0 aliphatic carbocycles. The lowest BCUT2D eigenvalue weighted by atomic mass is 9.94. The van der Waals surface area contributed by atoms with Crippen molar-refractivity contribution in [3.63, 3.8) is 0 Å². The van der Waals surface area contributed by atoms with E-state index < -0.39 is 0 Å². The van der Waals surface area contributed by atoms with Crippen LogP contribution in [-0.2, 0) is 0 Å². The molecule has 0 spiro atoms. The van der Waals surface area contributed by atoms with E-state index in [1.165, 1.54) is 12.1 Å². The van der Waals surface area contributed by atoms with Gasteiger partial charge in [-0.15, -0.1) is 0 Å². The molecule has 23 heavy (non-hydrogen) atoms. The lowest BCUT2D eigenvalue weighted by molar-refractivity contribution is 0.415. The van der Waals surface area contributed by atoms with Crippen molar-refractivity contribution in [2.24, 2.45) is 0 Å². The van der Waals surface area contributed by atoms with E-state index in [0.717, 1.165) is 28.0 Å². The molecule has 3 aromatic rings. The Morgan fingerprint density at radius 3 is 2.30 bits per heavy atom. The average molecular weight is 303 g/mol. The first-order valence-corrected chi connectivity index (χ1v) is 7.16. The maximum absolute atomic E-state index is 13.6. The predicted molar refractivity (Wildman–Crippen MR) is 88.5 cm³/mol. The Balaban J connectivity index is 2.18. The molecular formula is C20H14FNO. The van der Waals surface area contributed by atoms with Crippen molar-refractivity contribution in [3.8, 4) is 34.1 Å². The minimum absolute atomic E-state index is 0.274. The Morgan fingerprint density at radius 1 is 0.870 bits per heavy atom. The monoisotopic (exact) mass is 303 g/mol. The normalized spacial score (nSPS) is 10.1. The van der Waals surface area contributed by atoms with Crippen LogP contribution in [0.5, 0.6) is 5.75 Å². The predicted octanol–water partition coefficient (Wildman–Crippen LogP) is 5.04. The summed E-state index contributed by atoms with van der Waals surface area (Å²) in [5.74, 6) is 0.452. The van der Waals surface area contributed by atoms with E-state index in [1.54, 1.807) is 25.3 Å². The third-order valence-corrected chi connectivity index (χ3v) is 3.69. The van der Waals surface area contributed by atoms with Crippen LogP contribution in [0.2, 0.25) is 0 Å². The second kappa shape index (κ2) is 6.33. The minimum Gasteiger partial charge on any atom is -0.497 e. The molecule has 3 heteroatoms. The highest BCUT2D eigenvalue weighted by Gasteiger charge is 2.10. The van der Waals surface area contributed by atoms with Crippen molar-refractivity contribution in [1.29, 1.82) is 5.26 Å². The first-order chi connectivity index (χ1) is 11.2. The largest absolute Gasteiger partial charge is 0.497 e. The standard InChI is InChI=1S/C20H14FNO/c1-23-18-9-10-19(16-3-2-4-17(21)11-16)20(12-18)15-7-5-14(13-22)6-8-15/h2-12H,1H3. The van der Waals surface area contributed by atoms with Gasteiger partial charge in [0.2, 0.25) is 0 Å². The molecule has 0 amide bonds. The molecule has 0 fully saturated rings. The van der Waals surface area contributed by atoms with E-state index in [1.807, 2.05) is 36.4 Å². The van der Waals surface area contributed by atoms with Crippen molar-refractivity contribution in [2.45, 2.75) is 0 Å². The van der Waals surface area contributed by atoms with Gasteiger partial charge in [0.15, 0.2) is 0 Å². The summed E-state index contributed by atoms with van der Waals surface area (Å²) < 4.78 is 18.9. The van der Waals surface area contributed by atoms with Gasteiger partial charge in [-0.2, -0.15) is 5.26 Å². The summed E-state index contributed by atoms with van der Waals surface area (Å²) in [7, 11) is 1.61. The summed E-state index contributed by atoms with van der Waals surface area (Å²) in [6, 6.07) is 21.6. The van der Waals surface area contributed by atoms with Crippen molar-refractivity contribution < 1.29 is 9.13 Å². The summed E-state index contributed by atoms with van der Waals surface area (Å²) in [5.41, 5.74) is 4.19. The van der Waals surface area contributed by atoms with Crippen LogP contribution in [0.3, 0.4) is 0 Å². The SMILES string of the molecule is COc1ccc(-c2cccc(F)c2)c(-c2ccc(C#N)cc2)c1. The highest BCUT2D eigenvalue weighted by atomic mass is 19.1. The second-order valence-corrected chi connectivity index (χ2v) is 5.11. The zero-order valence-corrected chi connectivity index (χ0v) is 12.6. The maximum atomic E-state index is 13.6. The molecule has 0 saturated heterocycles. The number of ether oxygens (including phenoxy) is 1. The van der Waals surface area contributed by atoms with Crippen LogP contribution in [-0.4, -0.2) is 7.11 Å². The third-order valence-electron chi connectivity index (χ3n) is 3.69. The van der Waals surface area contributed by atoms with E-state index in [-0.39, 0.29) is 5.82 Å². The minimum atomic E-state index is -0.274. The van der Waals surface area contributed by atoms with Crippen LogP contribution < -0.4 is 4.74 Å². The van der Waals surface area contributed by atoms with Gasteiger partial charge in [0.05, 0.1) is 18.7 Å². The summed E-state index contributed by atoms with van der Waals surface area (Å²) in [5, 5.41) is 8.93. The van der Waals surface area contributed by atoms with E-state index in [0.29, 0.717) is 5.56 Å². The highest BCUT2D eigenvalue weighted by Crippen LogP contribution is 2.35. The number of nitriles is 1. The average Bonchev–Trinajstić information content (AvgIpc) is 2.61. The molecule has 0 atom stereocenters. The smallest absolute Gasteiger partial charge is 0.123 e. The number of nitrogens with zero attached hydrogens (tertiary/aromatic N) is 1. The molecule has 0 aliphatic heterocycles. The number of rotatable bonds is 3. The molecule has 0 heterocycles. The van der Waals surface area contributed by atoms with Gasteiger partial charge >= 0.3 is 0 Å². The van der Waals surface area contributed by atoms with Crippen LogP contribution in [0.15, 0.2) is 66.7 Å². The molecule has 0 radical (unpaired) electrons. The molecule has 0 bridgehead atoms. The Labute approximate surface area is 134 Å². The van der Waals surface area contributed by atoms with Gasteiger partial charge in [0.25, 0.3) is 0 Å². The van der Waals surface area contributed by atoms with Crippen LogP contribution in [0, 0.1) is 17.1 Å². The molecule has 112 valence electrons. The van der Waals surface area contributed by atoms with Gasteiger partial charge in [-0.1, -0.05) is 30.3 Å². The van der Waals surface area contributed by atoms with E-state index in [2.05, 4.69) is 6.07 Å². The second-order valence-electron chi connectivity index (χ2n) is 5.11. The lowest BCUT2D eigenvalue weighted by Crippen LogP contribution is -1.89. The van der Waals surface area contributed by atoms with Gasteiger partial charge in [-0.3, -0.25) is 0 Å². The van der Waals surface area contributed by atoms with Crippen molar-refractivity contribution in [1.82, 2.24) is 0 Å². The Morgan fingerprint density at radius 2 is 1.65 bits per heavy atom. The van der Waals surface area contributed by atoms with E-state index in [4.69, 9.17) is 10.00 Å². The molecule has 0 aromatic heterocycles. The molecular weight excluding hydrogens is 289 g/mol. The Kier molecular flexibility index (Phi) is 4.07. The van der Waals surface area contributed by atoms with Gasteiger partial charge in [0, 0.05) is 0 Å². The Hall–Kier alpha value is -3.12. The van der Waals surface area contributed by atoms with Crippen molar-refractivity contribution >= 4 is 0 Å². The molecule has 0 saturated carbocycles. The fourth-order valence-corrected chi connectivity index (χ4v) is 2.52. The van der Waals surface area contributed by atoms with Gasteiger partial charge in [-0.05, 0) is 58.7 Å². The fourth-order valence-electron chi connectivity index (χ4n) is 2.52. The maximum Gasteiger partial charge on any atom is 0.123 e. The zero-order valence-electron chi connectivity index (χ0n) is 12.6. The quantitative estimate of drug-likeness (QED) is 0.679. The van der Waals surface area contributed by atoms with Gasteiger partial charge < -0.3 is 4.74 Å². The zero-order chi connectivity index (χ0) is 16.2. The number of methoxy groups -OCH3 is 1. The first kappa shape index (κ1) is 14.8. The molecule has 3 aromatic carbocycles. The van der Waals surface area contributed by atoms with Crippen molar-refractivity contribution in [3.05, 3.63) is 78.1 Å². The summed E-state index contributed by atoms with van der Waals surface area (Å²) in [6.45, 7) is 0. The summed E-state index contributed by atoms with van der Waals surface area (Å²) >= 11 is 0. The topological polar surface area (TPSA) is 33.0 Å². The van der Waals surface area contributed by atoms with Crippen LogP contribution in [0.25, 0.3) is 22.3 Å². The Bertz CT molecular complexity index is 879. The van der Waals surface area contributed by atoms with E-state index >= 15 is 0 Å². The van der Waals surface area contributed by atoms with Crippen molar-refractivity contribution in [2.75, 3.05) is 7.11 Å². The number of benzene rings is 3. The number of hydrogen-bond donors (Lipinski definition) is 0. The first-order valence-electron chi connectivity index (χ1n) is 7.16. The molecule has 2 nitrogen and oxygen atoms in total. The number of halogens is 1. The lowest BCUT2D eigenvalue weighted by Gasteiger charge is -2.12. The fraction of sp³-hybridized carbons (Fsp3) is 0.0500. The molecule has 0 aliphatic rings. The van der Waals surface area contributed by atoms with Gasteiger partial charge in [0.1, 0.15) is 11.6 Å². The van der Waals surface area contributed by atoms with Crippen LogP contribution >= 0.6 is 0 Å². The van der Waals surface area contributed by atoms with Gasteiger partial charge in [-0.25, -0.2) is 4.39 Å². The summed E-state index contributed by atoms with van der Waals surface area (Å²) in [4.78, 5) is 0. The molecule has 0 unspecified atom stereocenters. The highest BCUT2D eigenvalue weighted by molar-refractivity contribution is 5.84. The number of hydrogen-bond acceptors (Lipinski definition) is 2. The molecule has 0 N–H and O–H groups in total. The van der Waals surface area contributed by atoms with Crippen LogP contribution in [0.4, 0.5) is 4.39 Å².